The highest BCUT2D eigenvalue weighted by molar-refractivity contribution is 8.78. The molecule has 0 aromatic heterocycles. The maximum absolute atomic E-state index is 11.7. The summed E-state index contributed by atoms with van der Waals surface area (Å²) in [7, 11) is 35.0. The van der Waals surface area contributed by atoms with E-state index in [1.807, 2.05) is 185 Å². The van der Waals surface area contributed by atoms with Crippen LogP contribution in [0, 0.1) is 0 Å². The van der Waals surface area contributed by atoms with Crippen LogP contribution in [0.2, 0.25) is 0 Å². The molecule has 34 nitrogen and oxygen atoms in total. The van der Waals surface area contributed by atoms with Crippen LogP contribution in [0.1, 0.15) is 202 Å². The quantitative estimate of drug-likeness (QED) is 0.0236. The lowest BCUT2D eigenvalue weighted by molar-refractivity contribution is -0.152. The van der Waals surface area contributed by atoms with Crippen LogP contribution < -0.4 is 0 Å². The zero-order valence-corrected chi connectivity index (χ0v) is 94.8. The van der Waals surface area contributed by atoms with Gasteiger partial charge >= 0.3 is 71.6 Å². The predicted octanol–water partition coefficient (Wildman–Crippen LogP) is 14.5. The van der Waals surface area contributed by atoms with E-state index < -0.39 is 0 Å². The number of carbonyl (C=O) groups excluding carboxylic acids is 12. The first-order chi connectivity index (χ1) is 67.3. The van der Waals surface area contributed by atoms with Crippen LogP contribution in [0.25, 0.3) is 0 Å². The second-order valence-electron chi connectivity index (χ2n) is 32.8. The van der Waals surface area contributed by atoms with Gasteiger partial charge in [-0.05, 0) is 119 Å². The maximum Gasteiger partial charge on any atom is 0.307 e. The van der Waals surface area contributed by atoms with Crippen LogP contribution in [0.3, 0.4) is 0 Å². The summed E-state index contributed by atoms with van der Waals surface area (Å²) in [5.41, 5.74) is 0. The van der Waals surface area contributed by atoms with Crippen molar-refractivity contribution in [3.63, 3.8) is 0 Å². The lowest BCUT2D eigenvalue weighted by atomic mass is 10.2. The van der Waals surface area contributed by atoms with Crippen LogP contribution >= 0.6 is 130 Å². The highest BCUT2D eigenvalue weighted by Crippen LogP contribution is 2.37. The minimum absolute atomic E-state index is 0.103. The van der Waals surface area contributed by atoms with Crippen LogP contribution in [0.15, 0.2) is 0 Å². The smallest absolute Gasteiger partial charge is 0.307 e. The summed E-state index contributed by atoms with van der Waals surface area (Å²) >= 11 is 0. The average molecular weight is 2200 g/mol. The SMILES string of the molecule is CCCC(=O)OCCCCCCOC(=O)CCN(C)C1CSSC1.CCCC(=O)OCCCCOC(=O)CCN(C)C1CSSC1.CCCC(=O)OCCCOC(=O)CCN(C)C1CSSC1.CCCC(=O)OCCOC(=O)CCN(C)C1CSSC1.CCCC(=O)OCCOCCOC(=O)CCN(C)C1CSSC1.CCCC(=O)OCCOCCOCCOCCOC(=O)CCN(C)C1CSSC1. The Morgan fingerprint density at radius 3 is 0.453 bits per heavy atom. The first-order valence-electron chi connectivity index (χ1n) is 49.2. The molecule has 6 fully saturated rings. The predicted molar refractivity (Wildman–Crippen MR) is 572 cm³/mol. The monoisotopic (exact) mass is 2200 g/mol. The average Bonchev–Trinajstić information content (AvgIpc) is 1.83. The van der Waals surface area contributed by atoms with Gasteiger partial charge in [-0.3, -0.25) is 57.5 Å². The summed E-state index contributed by atoms with van der Waals surface area (Å²) in [6.45, 7) is 22.9. The molecule has 0 atom stereocenters. The van der Waals surface area contributed by atoms with E-state index in [1.54, 1.807) is 0 Å². The number of unbranched alkanes of at least 4 members (excludes halogenated alkanes) is 4. The number of hydrogen-bond acceptors (Lipinski definition) is 46. The number of esters is 12. The van der Waals surface area contributed by atoms with Crippen LogP contribution in [0.4, 0.5) is 0 Å². The highest BCUT2D eigenvalue weighted by Gasteiger charge is 2.28. The summed E-state index contributed by atoms with van der Waals surface area (Å²) in [6, 6.07) is 3.37. The Kier molecular flexibility index (Phi) is 92.0. The zero-order chi connectivity index (χ0) is 102. The molecule has 810 valence electrons. The van der Waals surface area contributed by atoms with Crippen LogP contribution in [-0.4, -0.2) is 420 Å². The Bertz CT molecular complexity index is 3140. The molecule has 0 N–H and O–H groups in total. The van der Waals surface area contributed by atoms with E-state index in [9.17, 15) is 57.5 Å². The molecular weight excluding hydrogens is 2030 g/mol. The molecule has 0 aromatic rings. The number of nitrogens with zero attached hydrogens (tertiary/aromatic N) is 6. The van der Waals surface area contributed by atoms with Gasteiger partial charge in [0.15, 0.2) is 0 Å². The lowest BCUT2D eigenvalue weighted by Gasteiger charge is -2.22. The van der Waals surface area contributed by atoms with E-state index in [0.29, 0.717) is 219 Å². The Hall–Kier alpha value is -2.56. The molecule has 6 saturated heterocycles. The number of ether oxygens (including phenoxy) is 16. The van der Waals surface area contributed by atoms with Gasteiger partial charge in [0.25, 0.3) is 0 Å². The van der Waals surface area contributed by atoms with Crippen molar-refractivity contribution in [1.82, 2.24) is 29.4 Å². The molecule has 0 aliphatic carbocycles. The lowest BCUT2D eigenvalue weighted by Crippen LogP contribution is -2.35. The number of carbonyl (C=O) groups is 12. The largest absolute Gasteiger partial charge is 0.466 e. The van der Waals surface area contributed by atoms with Gasteiger partial charge in [0.05, 0.1) is 131 Å². The van der Waals surface area contributed by atoms with E-state index >= 15 is 0 Å². The third-order valence-electron chi connectivity index (χ3n) is 20.9. The van der Waals surface area contributed by atoms with Gasteiger partial charge < -0.3 is 105 Å². The van der Waals surface area contributed by atoms with E-state index in [1.165, 1.54) is 0 Å². The van der Waals surface area contributed by atoms with E-state index in [-0.39, 0.29) is 111 Å². The van der Waals surface area contributed by atoms with Crippen molar-refractivity contribution in [3.05, 3.63) is 0 Å². The second-order valence-corrected chi connectivity index (χ2v) is 48.1. The summed E-state index contributed by atoms with van der Waals surface area (Å²) in [6.07, 6.45) is 15.8. The Morgan fingerprint density at radius 2 is 0.295 bits per heavy atom. The fourth-order valence-electron chi connectivity index (χ4n) is 11.9. The minimum Gasteiger partial charge on any atom is -0.466 e. The fraction of sp³-hybridized carbons (Fsp3) is 0.871. The van der Waals surface area contributed by atoms with Crippen molar-refractivity contribution in [1.29, 1.82) is 0 Å². The van der Waals surface area contributed by atoms with Gasteiger partial charge in [-0.1, -0.05) is 171 Å². The van der Waals surface area contributed by atoms with Crippen molar-refractivity contribution in [2.45, 2.75) is 238 Å². The zero-order valence-electron chi connectivity index (χ0n) is 85.0. The molecule has 6 aliphatic rings. The van der Waals surface area contributed by atoms with Gasteiger partial charge in [-0.25, -0.2) is 0 Å². The molecule has 0 spiro atoms. The maximum atomic E-state index is 11.7. The molecule has 0 amide bonds. The molecule has 0 saturated carbocycles. The summed E-state index contributed by atoms with van der Waals surface area (Å²) < 4.78 is 82.1. The minimum atomic E-state index is -0.237. The van der Waals surface area contributed by atoms with Crippen molar-refractivity contribution in [2.75, 3.05) is 283 Å². The molecule has 139 heavy (non-hydrogen) atoms. The first kappa shape index (κ1) is 134. The van der Waals surface area contributed by atoms with Crippen LogP contribution in [-0.2, 0) is 133 Å². The molecule has 46 heteroatoms. The van der Waals surface area contributed by atoms with Crippen molar-refractivity contribution < 1.29 is 133 Å². The molecule has 0 unspecified atom stereocenters. The van der Waals surface area contributed by atoms with Gasteiger partial charge in [-0.2, -0.15) is 0 Å². The molecule has 0 radical (unpaired) electrons. The number of hydrogen-bond donors (Lipinski definition) is 0. The topological polar surface area (TPSA) is 372 Å². The Balaban J connectivity index is 0.000000837. The van der Waals surface area contributed by atoms with Crippen LogP contribution in [0.5, 0.6) is 0 Å². The van der Waals surface area contributed by atoms with Gasteiger partial charge in [-0.15, -0.1) is 0 Å². The normalized spacial score (nSPS) is 15.1. The summed E-state index contributed by atoms with van der Waals surface area (Å²) in [5, 5.41) is 0. The molecule has 0 bridgehead atoms. The van der Waals surface area contributed by atoms with Gasteiger partial charge in [0, 0.05) is 189 Å². The van der Waals surface area contributed by atoms with Gasteiger partial charge in [0.2, 0.25) is 0 Å². The molecule has 6 rings (SSSR count). The third kappa shape index (κ3) is 81.1. The molecule has 0 aromatic carbocycles. The second kappa shape index (κ2) is 95.1. The Labute approximate surface area is 877 Å². The third-order valence-corrected chi connectivity index (χ3v) is 36.0. The van der Waals surface area contributed by atoms with Gasteiger partial charge in [0.1, 0.15) is 39.6 Å². The first-order valence-corrected chi connectivity index (χ1v) is 64.1. The molecular formula is C93H168N6O28S12. The Morgan fingerprint density at radius 1 is 0.173 bits per heavy atom. The highest BCUT2D eigenvalue weighted by atomic mass is 33.1. The van der Waals surface area contributed by atoms with Crippen molar-refractivity contribution >= 4 is 201 Å². The van der Waals surface area contributed by atoms with E-state index in [0.717, 1.165) is 179 Å². The fourth-order valence-corrected chi connectivity index (χ4v) is 29.4. The number of rotatable bonds is 73. The van der Waals surface area contributed by atoms with Crippen molar-refractivity contribution in [3.8, 4) is 0 Å². The molecule has 6 aliphatic heterocycles. The standard InChI is InChI=1S/C19H35NO7S2.C17H31NO4S2.C15H27NO5S2.C15H27NO4S2.C14H25NO4S2.C13H23NO4S2/c1-3-4-18(21)26-13-11-24-9-7-23-8-10-25-12-14-27-19(22)5-6-20(2)17-15-28-29-16-17;1-3-8-16(19)21-11-6-4-5-7-12-22-17(20)9-10-18(2)15-13-23-24-14-15;1-3-4-14(17)20-9-7-19-8-10-21-15(18)5-6-16(2)13-11-22-23-12-13;1-3-6-14(17)19-9-4-5-10-20-15(18)7-8-16(2)13-11-21-22-12-13;1-3-5-13(16)18-8-4-9-19-14(17)6-7-15(2)12-10-20-21-11-12;1-3-4-12(15)17-7-8-18-13(16)5-6-14(2)11-9-19-20-10-11/h17H,3-16H2,1-2H3;15H,3-14H2,1-2H3;13H,3-12H2,1-2H3;13H,3-12H2,1-2H3;12H,3-11H2,1-2H3;11H,3-10H2,1-2H3. The molecule has 6 heterocycles. The van der Waals surface area contributed by atoms with Crippen molar-refractivity contribution in [2.24, 2.45) is 0 Å². The van der Waals surface area contributed by atoms with E-state index in [4.69, 9.17) is 75.8 Å². The summed E-state index contributed by atoms with van der Waals surface area (Å²) in [5.74, 6) is 11.4. The van der Waals surface area contributed by atoms with E-state index in [2.05, 4.69) is 57.6 Å². The summed E-state index contributed by atoms with van der Waals surface area (Å²) in [4.78, 5) is 150.